The number of nitrogens with zero attached hydrogens (tertiary/aromatic N) is 7. The Bertz CT molecular complexity index is 4420. The number of rotatable bonds is 29. The number of methoxy groups -OCH3 is 8. The number of ether oxygens (including phenoxy) is 11. The summed E-state index contributed by atoms with van der Waals surface area (Å²) in [5, 5.41) is 19.5. The van der Waals surface area contributed by atoms with Crippen LogP contribution in [-0.2, 0) is 75.5 Å². The van der Waals surface area contributed by atoms with Crippen molar-refractivity contribution in [1.82, 2.24) is 15.0 Å². The lowest BCUT2D eigenvalue weighted by molar-refractivity contribution is -0.139. The first-order chi connectivity index (χ1) is 57.9. The predicted octanol–water partition coefficient (Wildman–Crippen LogP) is 17.7. The van der Waals surface area contributed by atoms with Gasteiger partial charge in [0.05, 0.1) is 136 Å². The van der Waals surface area contributed by atoms with Crippen molar-refractivity contribution >= 4 is 115 Å². The number of alkyl halides is 9. The Morgan fingerprint density at radius 3 is 1.15 bits per heavy atom. The number of carboxylic acid groups (broad SMARTS) is 1. The van der Waals surface area contributed by atoms with Crippen molar-refractivity contribution < 1.29 is 131 Å². The number of aromatic carboxylic acids is 1. The number of phenolic OH excluding ortho intramolecular Hbond substituents is 1. The van der Waals surface area contributed by atoms with E-state index in [0.29, 0.717) is 79.0 Å². The van der Waals surface area contributed by atoms with Crippen molar-refractivity contribution in [1.29, 1.82) is 0 Å². The lowest BCUT2D eigenvalue weighted by Gasteiger charge is -2.36. The van der Waals surface area contributed by atoms with Gasteiger partial charge >= 0.3 is 36.4 Å². The van der Waals surface area contributed by atoms with E-state index in [2.05, 4.69) is 35.7 Å². The van der Waals surface area contributed by atoms with Crippen molar-refractivity contribution in [2.75, 3.05) is 142 Å². The smallest absolute Gasteiger partial charge is 0.421 e. The molecule has 3 aromatic heterocycles. The fourth-order valence-electron chi connectivity index (χ4n) is 14.6. The molecule has 0 unspecified atom stereocenters. The van der Waals surface area contributed by atoms with Gasteiger partial charge in [-0.2, -0.15) is 39.5 Å². The number of hydrogen-bond acceptors (Lipinski definition) is 22. The standard InChI is InChI=1S/C30H38F3N3O7.C27H32F3IN2O6.C21H31NO6.C6H2ClF3IN/c1-19-4-6-20(7-5-19)28(37)36(22(17-40-2)18-41-3)26-9-8-23(15-24(26)29(38)39)43-27-25(30(31,32)33)14-21(16-34-27)35-10-12-42-13-11-35;1-16-5-7-17(8-6-16)25(34)33(19(14-36-2)15-37-3)23-10-9-20(12-21(23)26(35)38-4)39-24-22(27(28,29)30)11-18(31)13-32-24;1-14-5-7-15(8-6-14)20(24)22(16(12-26-2)13-27-3)19-10-9-17(23)11-18(19)21(25)28-4;7-5-4(6(8,9)10)1-3(11)2-12-5/h8-9,14-16,19-20,22H,4-7,10-13,17-18H2,1-3H3,(H,38,39);9-13,16-17,19H,5-8,14-15H2,1-4H3;9-11,14-16,23H,5-8,12-13H2,1-4H3;1-2H. The molecule has 4 fully saturated rings. The van der Waals surface area contributed by atoms with E-state index < -0.39 is 88.2 Å². The minimum absolute atomic E-state index is 0.0520. The molecule has 672 valence electrons. The van der Waals surface area contributed by atoms with Gasteiger partial charge < -0.3 is 81.9 Å². The molecule has 3 aliphatic carbocycles. The van der Waals surface area contributed by atoms with Crippen molar-refractivity contribution in [2.45, 2.75) is 134 Å². The van der Waals surface area contributed by atoms with Gasteiger partial charge in [0, 0.05) is 93.0 Å². The molecule has 3 saturated carbocycles. The van der Waals surface area contributed by atoms with Crippen LogP contribution >= 0.6 is 56.8 Å². The fourth-order valence-corrected chi connectivity index (χ4v) is 15.8. The molecule has 6 aromatic rings. The van der Waals surface area contributed by atoms with Crippen molar-refractivity contribution in [3.05, 3.63) is 137 Å². The van der Waals surface area contributed by atoms with Gasteiger partial charge in [0.25, 0.3) is 0 Å². The molecule has 38 heteroatoms. The molecular weight excluding hydrogens is 1870 g/mol. The van der Waals surface area contributed by atoms with Crippen LogP contribution in [0.1, 0.15) is 146 Å². The molecule has 4 aliphatic rings. The van der Waals surface area contributed by atoms with E-state index >= 15 is 0 Å². The number of benzene rings is 3. The van der Waals surface area contributed by atoms with Gasteiger partial charge in [-0.3, -0.25) is 14.4 Å². The zero-order valence-corrected chi connectivity index (χ0v) is 74.5. The second kappa shape index (κ2) is 47.9. The SMILES string of the molecule is COCC(COC)N(C(=O)C1CCC(C)CC1)c1ccc(O)cc1C(=O)OC.COCC(COC)N(C(=O)C1CCC(C)CC1)c1ccc(Oc2ncc(I)cc2C(F)(F)F)cc1C(=O)OC.COCC(COC)N(C(=O)C1CCC(C)CC1)c1ccc(Oc2ncc(N3CCOCC3)cc2C(F)(F)F)cc1C(=O)O.FC(F)(F)c1cc(I)cnc1Cl. The Hall–Kier alpha value is -8.03. The van der Waals surface area contributed by atoms with Gasteiger partial charge in [0.1, 0.15) is 33.5 Å². The number of esters is 2. The summed E-state index contributed by atoms with van der Waals surface area (Å²) >= 11 is 8.72. The molecule has 26 nitrogen and oxygen atoms in total. The van der Waals surface area contributed by atoms with Crippen LogP contribution < -0.4 is 29.1 Å². The maximum atomic E-state index is 14.1. The summed E-state index contributed by atoms with van der Waals surface area (Å²) < 4.78 is 178. The minimum Gasteiger partial charge on any atom is -0.508 e. The van der Waals surface area contributed by atoms with Crippen LogP contribution in [0.2, 0.25) is 5.15 Å². The van der Waals surface area contributed by atoms with Gasteiger partial charge in [-0.1, -0.05) is 32.4 Å². The van der Waals surface area contributed by atoms with Crippen LogP contribution in [0.3, 0.4) is 0 Å². The van der Waals surface area contributed by atoms with Gasteiger partial charge in [-0.15, -0.1) is 0 Å². The van der Waals surface area contributed by atoms with Crippen LogP contribution in [0.4, 0.5) is 62.3 Å². The molecule has 122 heavy (non-hydrogen) atoms. The van der Waals surface area contributed by atoms with E-state index in [1.54, 1.807) is 75.3 Å². The van der Waals surface area contributed by atoms with Crippen LogP contribution in [0.5, 0.6) is 29.0 Å². The largest absolute Gasteiger partial charge is 0.508 e. The Balaban J connectivity index is 0.000000239. The monoisotopic (exact) mass is 1970 g/mol. The van der Waals surface area contributed by atoms with E-state index in [4.69, 9.17) is 63.7 Å². The molecule has 0 bridgehead atoms. The van der Waals surface area contributed by atoms with Crippen LogP contribution in [-0.4, -0.2) is 202 Å². The molecule has 0 radical (unpaired) electrons. The van der Waals surface area contributed by atoms with E-state index in [1.165, 1.54) is 114 Å². The number of aromatic hydroxyl groups is 1. The normalized spacial score (nSPS) is 18.1. The summed E-state index contributed by atoms with van der Waals surface area (Å²) in [5.41, 5.74) is -2.30. The Morgan fingerprint density at radius 2 is 0.795 bits per heavy atom. The molecule has 10 rings (SSSR count). The number of carbonyl (C=O) groups is 6. The highest BCUT2D eigenvalue weighted by Gasteiger charge is 2.43. The molecule has 1 aliphatic heterocycles. The zero-order valence-electron chi connectivity index (χ0n) is 69.4. The highest BCUT2D eigenvalue weighted by Crippen LogP contribution is 2.45. The number of phenols is 1. The Labute approximate surface area is 734 Å². The summed E-state index contributed by atoms with van der Waals surface area (Å²) in [6, 6.07) is 13.5. The minimum atomic E-state index is -4.78. The summed E-state index contributed by atoms with van der Waals surface area (Å²) in [6.45, 7) is 9.02. The highest BCUT2D eigenvalue weighted by atomic mass is 127. The van der Waals surface area contributed by atoms with E-state index in [1.807, 2.05) is 0 Å². The fraction of sp³-hybridized carbons (Fsp3) is 0.536. The van der Waals surface area contributed by atoms with Gasteiger partial charge in [0.2, 0.25) is 29.5 Å². The number of amides is 3. The first kappa shape index (κ1) is 101. The van der Waals surface area contributed by atoms with Gasteiger partial charge in [-0.05, 0) is 213 Å². The van der Waals surface area contributed by atoms with E-state index in [0.717, 1.165) is 75.6 Å². The number of carbonyl (C=O) groups excluding carboxylic acids is 5. The number of hydrogen-bond donors (Lipinski definition) is 2. The third-order valence-corrected chi connectivity index (χ3v) is 22.5. The van der Waals surface area contributed by atoms with Crippen LogP contribution in [0.15, 0.2) is 91.4 Å². The summed E-state index contributed by atoms with van der Waals surface area (Å²) in [5.74, 6) is -4.02. The first-order valence-electron chi connectivity index (χ1n) is 39.2. The second-order valence-electron chi connectivity index (χ2n) is 29.9. The molecule has 2 N–H and O–H groups in total. The van der Waals surface area contributed by atoms with Gasteiger partial charge in [0.15, 0.2) is 0 Å². The molecule has 0 spiro atoms. The number of anilines is 4. The number of pyridine rings is 3. The number of aromatic nitrogens is 3. The van der Waals surface area contributed by atoms with Crippen LogP contribution in [0, 0.1) is 42.6 Å². The highest BCUT2D eigenvalue weighted by molar-refractivity contribution is 14.1. The molecule has 3 amide bonds. The Kier molecular flexibility index (Phi) is 39.7. The number of morpholine rings is 1. The third kappa shape index (κ3) is 28.5. The summed E-state index contributed by atoms with van der Waals surface area (Å²) in [7, 11) is 11.5. The van der Waals surface area contributed by atoms with Crippen molar-refractivity contribution in [3.63, 3.8) is 0 Å². The second-order valence-corrected chi connectivity index (χ2v) is 32.7. The maximum Gasteiger partial charge on any atom is 0.421 e. The molecule has 4 heterocycles. The van der Waals surface area contributed by atoms with E-state index in [9.17, 15) is 78.5 Å². The lowest BCUT2D eigenvalue weighted by atomic mass is 9.82. The first-order valence-corrected chi connectivity index (χ1v) is 41.7. The summed E-state index contributed by atoms with van der Waals surface area (Å²) in [6.07, 6.45) is -0.168. The average Bonchev–Trinajstić information content (AvgIpc) is 0.792. The molecular formula is C84H103ClF9I2N7O19. The average molecular weight is 1980 g/mol. The molecule has 0 atom stereocenters. The zero-order chi connectivity index (χ0) is 89.9. The molecule has 3 aromatic carbocycles. The van der Waals surface area contributed by atoms with E-state index in [-0.39, 0.29) is 130 Å². The Morgan fingerprint density at radius 1 is 0.467 bits per heavy atom. The van der Waals surface area contributed by atoms with Crippen molar-refractivity contribution in [3.8, 4) is 29.0 Å². The maximum absolute atomic E-state index is 14.1. The number of carboxylic acids is 1. The lowest BCUT2D eigenvalue weighted by Crippen LogP contribution is -2.49. The molecule has 1 saturated heterocycles. The summed E-state index contributed by atoms with van der Waals surface area (Å²) in [4.78, 5) is 96.5. The van der Waals surface area contributed by atoms with Crippen molar-refractivity contribution in [2.24, 2.45) is 35.5 Å². The predicted molar refractivity (Wildman–Crippen MR) is 450 cm³/mol. The van der Waals surface area contributed by atoms with Gasteiger partial charge in [-0.25, -0.2) is 29.3 Å². The topological polar surface area (TPSA) is 296 Å². The third-order valence-electron chi connectivity index (χ3n) is 21.0. The quantitative estimate of drug-likeness (QED) is 0.0191. The number of halogens is 12. The van der Waals surface area contributed by atoms with Crippen LogP contribution in [0.25, 0.3) is 0 Å².